The third kappa shape index (κ3) is 4.08. The van der Waals surface area contributed by atoms with E-state index in [1.807, 2.05) is 18.2 Å². The number of alkyl halides is 2. The fourth-order valence-electron chi connectivity index (χ4n) is 1.30. The first-order valence-electron chi connectivity index (χ1n) is 4.71. The van der Waals surface area contributed by atoms with Gasteiger partial charge in [-0.2, -0.15) is 0 Å². The van der Waals surface area contributed by atoms with Gasteiger partial charge in [0, 0.05) is 21.5 Å². The molecule has 0 fully saturated rings. The topological polar surface area (TPSA) is 38.0 Å². The van der Waals surface area contributed by atoms with Gasteiger partial charge in [-0.25, -0.2) is 8.78 Å². The Morgan fingerprint density at radius 2 is 1.94 bits per heavy atom. The van der Waals surface area contributed by atoms with Crippen LogP contribution in [0, 0.1) is 0 Å². The molecule has 2 nitrogen and oxygen atoms in total. The summed E-state index contributed by atoms with van der Waals surface area (Å²) in [7, 11) is 0. The summed E-state index contributed by atoms with van der Waals surface area (Å²) in [6.07, 6.45) is -2.37. The van der Waals surface area contributed by atoms with Crippen LogP contribution in [0.5, 0.6) is 0 Å². The summed E-state index contributed by atoms with van der Waals surface area (Å²) >= 11 is 6.70. The van der Waals surface area contributed by atoms with E-state index in [1.54, 1.807) is 0 Å². The van der Waals surface area contributed by atoms with Crippen LogP contribution in [-0.2, 0) is 0 Å². The van der Waals surface area contributed by atoms with Gasteiger partial charge >= 0.3 is 0 Å². The first-order chi connectivity index (χ1) is 7.54. The van der Waals surface area contributed by atoms with Crippen LogP contribution >= 0.6 is 31.9 Å². The molecule has 0 saturated carbocycles. The molecular formula is C10H12Br2F2N2. The van der Waals surface area contributed by atoms with E-state index in [1.165, 1.54) is 0 Å². The number of benzene rings is 1. The van der Waals surface area contributed by atoms with Gasteiger partial charge in [0.25, 0.3) is 6.43 Å². The van der Waals surface area contributed by atoms with Crippen molar-refractivity contribution in [3.05, 3.63) is 32.7 Å². The molecule has 0 radical (unpaired) electrons. The molecule has 16 heavy (non-hydrogen) atoms. The van der Waals surface area contributed by atoms with Crippen molar-refractivity contribution in [1.82, 2.24) is 5.32 Å². The summed E-state index contributed by atoms with van der Waals surface area (Å²) < 4.78 is 25.9. The number of hydrogen-bond acceptors (Lipinski definition) is 2. The van der Waals surface area contributed by atoms with Gasteiger partial charge in [-0.05, 0) is 49.6 Å². The molecule has 0 aromatic heterocycles. The van der Waals surface area contributed by atoms with Gasteiger partial charge in [-0.3, -0.25) is 0 Å². The minimum atomic E-state index is -2.37. The Morgan fingerprint density at radius 1 is 1.25 bits per heavy atom. The predicted octanol–water partition coefficient (Wildman–Crippen LogP) is 3.07. The molecule has 0 aliphatic rings. The third-order valence-electron chi connectivity index (χ3n) is 2.10. The molecule has 0 spiro atoms. The monoisotopic (exact) mass is 356 g/mol. The largest absolute Gasteiger partial charge is 0.329 e. The van der Waals surface area contributed by atoms with Crippen LogP contribution in [0.1, 0.15) is 11.6 Å². The molecule has 0 saturated heterocycles. The maximum Gasteiger partial charge on any atom is 0.250 e. The molecule has 1 atom stereocenters. The summed E-state index contributed by atoms with van der Waals surface area (Å²) in [5.41, 5.74) is 6.43. The predicted molar refractivity (Wildman–Crippen MR) is 67.6 cm³/mol. The fourth-order valence-corrected chi connectivity index (χ4v) is 1.94. The lowest BCUT2D eigenvalue weighted by atomic mass is 10.1. The molecule has 90 valence electrons. The van der Waals surface area contributed by atoms with Gasteiger partial charge in [0.2, 0.25) is 0 Å². The summed E-state index contributed by atoms with van der Waals surface area (Å²) in [6.45, 7) is -0.0731. The average Bonchev–Trinajstić information content (AvgIpc) is 2.23. The van der Waals surface area contributed by atoms with Crippen molar-refractivity contribution < 1.29 is 8.78 Å². The highest BCUT2D eigenvalue weighted by atomic mass is 79.9. The highest BCUT2D eigenvalue weighted by Gasteiger charge is 2.12. The summed E-state index contributed by atoms with van der Waals surface area (Å²) in [4.78, 5) is 0. The lowest BCUT2D eigenvalue weighted by molar-refractivity contribution is 0.141. The van der Waals surface area contributed by atoms with Gasteiger partial charge < -0.3 is 11.1 Å². The highest BCUT2D eigenvalue weighted by molar-refractivity contribution is 9.13. The summed E-state index contributed by atoms with van der Waals surface area (Å²) in [6, 6.07) is 5.32. The molecule has 1 aromatic rings. The van der Waals surface area contributed by atoms with Gasteiger partial charge in [0.1, 0.15) is 0 Å². The molecule has 6 heteroatoms. The zero-order valence-electron chi connectivity index (χ0n) is 8.39. The van der Waals surface area contributed by atoms with E-state index in [0.29, 0.717) is 0 Å². The molecule has 0 bridgehead atoms. The third-order valence-corrected chi connectivity index (χ3v) is 3.98. The summed E-state index contributed by atoms with van der Waals surface area (Å²) in [5, 5.41) is 2.72. The zero-order valence-corrected chi connectivity index (χ0v) is 11.6. The molecule has 0 amide bonds. The second-order valence-corrected chi connectivity index (χ2v) is 4.97. The lowest BCUT2D eigenvalue weighted by Gasteiger charge is -2.17. The Hall–Kier alpha value is -0.0400. The number of rotatable bonds is 5. The van der Waals surface area contributed by atoms with Crippen LogP contribution < -0.4 is 11.1 Å². The lowest BCUT2D eigenvalue weighted by Crippen LogP contribution is -2.31. The maximum atomic E-state index is 12.1. The minimum Gasteiger partial charge on any atom is -0.329 e. The molecule has 0 aliphatic heterocycles. The zero-order chi connectivity index (χ0) is 12.1. The van der Waals surface area contributed by atoms with Gasteiger partial charge in [0.05, 0.1) is 6.54 Å². The fraction of sp³-hybridized carbons (Fsp3) is 0.400. The second-order valence-electron chi connectivity index (χ2n) is 3.26. The van der Waals surface area contributed by atoms with Crippen molar-refractivity contribution in [3.63, 3.8) is 0 Å². The molecular weight excluding hydrogens is 346 g/mol. The van der Waals surface area contributed by atoms with E-state index < -0.39 is 6.43 Å². The van der Waals surface area contributed by atoms with Crippen molar-refractivity contribution in [2.75, 3.05) is 13.1 Å². The van der Waals surface area contributed by atoms with E-state index in [4.69, 9.17) is 5.73 Å². The van der Waals surface area contributed by atoms with E-state index in [-0.39, 0.29) is 19.1 Å². The van der Waals surface area contributed by atoms with Crippen LogP contribution in [0.2, 0.25) is 0 Å². The molecule has 3 N–H and O–H groups in total. The molecule has 0 aliphatic carbocycles. The quantitative estimate of drug-likeness (QED) is 0.849. The van der Waals surface area contributed by atoms with Gasteiger partial charge in [-0.15, -0.1) is 0 Å². The molecule has 1 rings (SSSR count). The van der Waals surface area contributed by atoms with Gasteiger partial charge in [-0.1, -0.05) is 6.07 Å². The Labute approximate surface area is 110 Å². The van der Waals surface area contributed by atoms with Crippen LogP contribution in [0.4, 0.5) is 8.78 Å². The molecule has 1 unspecified atom stereocenters. The normalized spacial score (nSPS) is 13.1. The number of nitrogens with two attached hydrogens (primary N) is 1. The van der Waals surface area contributed by atoms with Crippen LogP contribution in [0.3, 0.4) is 0 Å². The van der Waals surface area contributed by atoms with Crippen molar-refractivity contribution in [3.8, 4) is 0 Å². The Bertz CT molecular complexity index is 348. The molecule has 1 aromatic carbocycles. The Kier molecular flexibility index (Phi) is 5.82. The van der Waals surface area contributed by atoms with Gasteiger partial charge in [0.15, 0.2) is 0 Å². The van der Waals surface area contributed by atoms with E-state index >= 15 is 0 Å². The SMILES string of the molecule is NCC(NCC(F)F)c1ccc(Br)c(Br)c1. The summed E-state index contributed by atoms with van der Waals surface area (Å²) in [5.74, 6) is 0. The van der Waals surface area contributed by atoms with Crippen molar-refractivity contribution in [2.45, 2.75) is 12.5 Å². The standard InChI is InChI=1S/C10H12Br2F2N2/c11-7-2-1-6(3-8(7)12)9(4-15)16-5-10(13)14/h1-3,9-10,16H,4-5,15H2. The van der Waals surface area contributed by atoms with E-state index in [9.17, 15) is 8.78 Å². The Morgan fingerprint density at radius 3 is 2.44 bits per heavy atom. The highest BCUT2D eigenvalue weighted by Crippen LogP contribution is 2.26. The average molecular weight is 358 g/mol. The van der Waals surface area contributed by atoms with Crippen LogP contribution in [0.15, 0.2) is 27.1 Å². The van der Waals surface area contributed by atoms with E-state index in [2.05, 4.69) is 37.2 Å². The second kappa shape index (κ2) is 6.64. The van der Waals surface area contributed by atoms with Crippen molar-refractivity contribution in [2.24, 2.45) is 5.73 Å². The number of nitrogens with one attached hydrogen (secondary N) is 1. The smallest absolute Gasteiger partial charge is 0.250 e. The van der Waals surface area contributed by atoms with Crippen LogP contribution in [0.25, 0.3) is 0 Å². The minimum absolute atomic E-state index is 0.251. The Balaban J connectivity index is 2.74. The van der Waals surface area contributed by atoms with Crippen LogP contribution in [-0.4, -0.2) is 19.5 Å². The molecule has 0 heterocycles. The first kappa shape index (κ1) is 14.0. The number of halogens is 4. The first-order valence-corrected chi connectivity index (χ1v) is 6.29. The van der Waals surface area contributed by atoms with Crippen molar-refractivity contribution >= 4 is 31.9 Å². The van der Waals surface area contributed by atoms with E-state index in [0.717, 1.165) is 14.5 Å². The number of hydrogen-bond donors (Lipinski definition) is 2. The van der Waals surface area contributed by atoms with Crippen molar-refractivity contribution in [1.29, 1.82) is 0 Å². The maximum absolute atomic E-state index is 12.1.